The summed E-state index contributed by atoms with van der Waals surface area (Å²) in [6.45, 7) is 1.93. The van der Waals surface area contributed by atoms with Crippen LogP contribution in [-0.4, -0.2) is 29.8 Å². The summed E-state index contributed by atoms with van der Waals surface area (Å²) in [5.74, 6) is 2.32. The van der Waals surface area contributed by atoms with E-state index in [-0.39, 0.29) is 19.1 Å². The molecule has 1 amide bonds. The minimum Gasteiger partial charge on any atom is -0.497 e. The van der Waals surface area contributed by atoms with Crippen molar-refractivity contribution in [1.29, 1.82) is 0 Å². The Morgan fingerprint density at radius 1 is 0.939 bits per heavy atom. The number of carbonyl (C=O) groups is 1. The molecule has 0 bridgehead atoms. The molecule has 0 radical (unpaired) electrons. The molecule has 1 N–H and O–H groups in total. The van der Waals surface area contributed by atoms with Crippen LogP contribution in [0.1, 0.15) is 11.5 Å². The third-order valence-corrected chi connectivity index (χ3v) is 4.77. The van der Waals surface area contributed by atoms with Crippen molar-refractivity contribution >= 4 is 11.6 Å². The molecular weight excluding hydrogens is 422 g/mol. The molecule has 8 heteroatoms. The summed E-state index contributed by atoms with van der Waals surface area (Å²) in [5, 5.41) is 6.81. The van der Waals surface area contributed by atoms with Crippen LogP contribution >= 0.6 is 0 Å². The van der Waals surface area contributed by atoms with Crippen LogP contribution in [0.5, 0.6) is 17.2 Å². The van der Waals surface area contributed by atoms with E-state index in [9.17, 15) is 4.79 Å². The molecule has 8 nitrogen and oxygen atoms in total. The number of amides is 1. The topological polar surface area (TPSA) is 95.7 Å². The standard InChI is InChI=1S/C25H23N3O5/c1-17-7-3-5-9-21(17)32-16-24-27-25(28-33-24)20-8-4-6-10-22(20)31-15-23(29)26-18-11-13-19(30-2)14-12-18/h3-14H,15-16H2,1-2H3,(H,26,29). The highest BCUT2D eigenvalue weighted by Gasteiger charge is 2.15. The first-order valence-electron chi connectivity index (χ1n) is 10.3. The highest BCUT2D eigenvalue weighted by Crippen LogP contribution is 2.28. The number of para-hydroxylation sites is 2. The fourth-order valence-electron chi connectivity index (χ4n) is 3.07. The van der Waals surface area contributed by atoms with Gasteiger partial charge in [-0.1, -0.05) is 35.5 Å². The smallest absolute Gasteiger partial charge is 0.264 e. The molecule has 0 aliphatic carbocycles. The number of nitrogens with zero attached hydrogens (tertiary/aromatic N) is 2. The van der Waals surface area contributed by atoms with Crippen molar-refractivity contribution < 1.29 is 23.5 Å². The summed E-state index contributed by atoms with van der Waals surface area (Å²) in [7, 11) is 1.59. The minimum atomic E-state index is -0.296. The van der Waals surface area contributed by atoms with Gasteiger partial charge in [-0.15, -0.1) is 0 Å². The molecule has 0 fully saturated rings. The summed E-state index contributed by atoms with van der Waals surface area (Å²) in [6, 6.07) is 21.9. The fraction of sp³-hybridized carbons (Fsp3) is 0.160. The Morgan fingerprint density at radius 3 is 2.42 bits per heavy atom. The SMILES string of the molecule is COc1ccc(NC(=O)COc2ccccc2-c2noc(COc3ccccc3C)n2)cc1. The van der Waals surface area contributed by atoms with Gasteiger partial charge >= 0.3 is 0 Å². The lowest BCUT2D eigenvalue weighted by Crippen LogP contribution is -2.20. The second-order valence-electron chi connectivity index (χ2n) is 7.13. The fourth-order valence-corrected chi connectivity index (χ4v) is 3.07. The third-order valence-electron chi connectivity index (χ3n) is 4.77. The van der Waals surface area contributed by atoms with Gasteiger partial charge in [0.05, 0.1) is 12.7 Å². The maximum absolute atomic E-state index is 12.3. The Hall–Kier alpha value is -4.33. The van der Waals surface area contributed by atoms with Gasteiger partial charge in [0, 0.05) is 5.69 Å². The van der Waals surface area contributed by atoms with E-state index in [1.54, 1.807) is 43.5 Å². The lowest BCUT2D eigenvalue weighted by atomic mass is 10.2. The maximum Gasteiger partial charge on any atom is 0.264 e. The lowest BCUT2D eigenvalue weighted by molar-refractivity contribution is -0.118. The summed E-state index contributed by atoms with van der Waals surface area (Å²) >= 11 is 0. The molecule has 1 heterocycles. The van der Waals surface area contributed by atoms with Crippen molar-refractivity contribution in [2.24, 2.45) is 0 Å². The van der Waals surface area contributed by atoms with Crippen molar-refractivity contribution in [3.8, 4) is 28.6 Å². The van der Waals surface area contributed by atoms with Gasteiger partial charge in [-0.3, -0.25) is 4.79 Å². The number of hydrogen-bond acceptors (Lipinski definition) is 7. The number of hydrogen-bond donors (Lipinski definition) is 1. The molecule has 4 rings (SSSR count). The third kappa shape index (κ3) is 5.68. The number of benzene rings is 3. The van der Waals surface area contributed by atoms with Crippen molar-refractivity contribution in [2.75, 3.05) is 19.0 Å². The summed E-state index contributed by atoms with van der Waals surface area (Å²) in [5.41, 5.74) is 2.28. The van der Waals surface area contributed by atoms with Crippen LogP contribution in [0.25, 0.3) is 11.4 Å². The van der Waals surface area contributed by atoms with Crippen LogP contribution in [0.3, 0.4) is 0 Å². The predicted octanol–water partition coefficient (Wildman–Crippen LogP) is 4.65. The van der Waals surface area contributed by atoms with Gasteiger partial charge in [0.1, 0.15) is 17.2 Å². The van der Waals surface area contributed by atoms with Gasteiger partial charge in [-0.25, -0.2) is 0 Å². The van der Waals surface area contributed by atoms with Gasteiger partial charge in [-0.2, -0.15) is 4.98 Å². The average Bonchev–Trinajstić information content (AvgIpc) is 3.32. The maximum atomic E-state index is 12.3. The highest BCUT2D eigenvalue weighted by atomic mass is 16.5. The number of carbonyl (C=O) groups excluding carboxylic acids is 1. The van der Waals surface area contributed by atoms with Crippen molar-refractivity contribution in [1.82, 2.24) is 10.1 Å². The van der Waals surface area contributed by atoms with E-state index in [1.165, 1.54) is 0 Å². The van der Waals surface area contributed by atoms with E-state index >= 15 is 0 Å². The first-order valence-corrected chi connectivity index (χ1v) is 10.3. The normalized spacial score (nSPS) is 10.5. The number of methoxy groups -OCH3 is 1. The average molecular weight is 445 g/mol. The second-order valence-corrected chi connectivity index (χ2v) is 7.13. The van der Waals surface area contributed by atoms with Crippen LogP contribution in [-0.2, 0) is 11.4 Å². The zero-order valence-corrected chi connectivity index (χ0v) is 18.3. The lowest BCUT2D eigenvalue weighted by Gasteiger charge is -2.10. The first-order chi connectivity index (χ1) is 16.1. The van der Waals surface area contributed by atoms with Crippen LogP contribution in [0, 0.1) is 6.92 Å². The number of anilines is 1. The molecule has 0 saturated heterocycles. The van der Waals surface area contributed by atoms with Crippen LogP contribution in [0.4, 0.5) is 5.69 Å². The molecule has 0 unspecified atom stereocenters. The monoisotopic (exact) mass is 445 g/mol. The molecular formula is C25H23N3O5. The molecule has 0 aliphatic rings. The Labute approximate surface area is 191 Å². The Bertz CT molecular complexity index is 1220. The Morgan fingerprint density at radius 2 is 1.67 bits per heavy atom. The van der Waals surface area contributed by atoms with Crippen LogP contribution < -0.4 is 19.5 Å². The molecule has 1 aromatic heterocycles. The van der Waals surface area contributed by atoms with Gasteiger partial charge in [-0.05, 0) is 55.0 Å². The number of ether oxygens (including phenoxy) is 3. The quantitative estimate of drug-likeness (QED) is 0.401. The minimum absolute atomic E-state index is 0.144. The number of nitrogens with one attached hydrogen (secondary N) is 1. The number of aryl methyl sites for hydroxylation is 1. The van der Waals surface area contributed by atoms with E-state index in [0.717, 1.165) is 11.3 Å². The van der Waals surface area contributed by atoms with Crippen molar-refractivity contribution in [3.63, 3.8) is 0 Å². The van der Waals surface area contributed by atoms with Crippen LogP contribution in [0.2, 0.25) is 0 Å². The summed E-state index contributed by atoms with van der Waals surface area (Å²) in [4.78, 5) is 16.7. The predicted molar refractivity (Wildman–Crippen MR) is 122 cm³/mol. The van der Waals surface area contributed by atoms with Crippen LogP contribution in [0.15, 0.2) is 77.3 Å². The Kier molecular flexibility index (Phi) is 6.84. The molecule has 0 atom stereocenters. The van der Waals surface area contributed by atoms with Gasteiger partial charge in [0.25, 0.3) is 11.8 Å². The zero-order chi connectivity index (χ0) is 23.0. The van der Waals surface area contributed by atoms with Gasteiger partial charge < -0.3 is 24.1 Å². The number of rotatable bonds is 9. The molecule has 33 heavy (non-hydrogen) atoms. The van der Waals surface area contributed by atoms with E-state index in [4.69, 9.17) is 18.7 Å². The molecule has 0 saturated carbocycles. The molecule has 0 spiro atoms. The molecule has 168 valence electrons. The highest BCUT2D eigenvalue weighted by molar-refractivity contribution is 5.92. The van der Waals surface area contributed by atoms with E-state index in [0.29, 0.717) is 34.5 Å². The summed E-state index contributed by atoms with van der Waals surface area (Å²) in [6.07, 6.45) is 0. The largest absolute Gasteiger partial charge is 0.497 e. The van der Waals surface area contributed by atoms with E-state index < -0.39 is 0 Å². The Balaban J connectivity index is 1.38. The zero-order valence-electron chi connectivity index (χ0n) is 18.3. The van der Waals surface area contributed by atoms with Gasteiger partial charge in [0.15, 0.2) is 13.2 Å². The number of aromatic nitrogens is 2. The first kappa shape index (κ1) is 21.9. The van der Waals surface area contributed by atoms with Gasteiger partial charge in [0.2, 0.25) is 5.82 Å². The van der Waals surface area contributed by atoms with Crippen molar-refractivity contribution in [3.05, 3.63) is 84.3 Å². The second kappa shape index (κ2) is 10.3. The van der Waals surface area contributed by atoms with E-state index in [1.807, 2.05) is 43.3 Å². The van der Waals surface area contributed by atoms with Crippen molar-refractivity contribution in [2.45, 2.75) is 13.5 Å². The molecule has 0 aliphatic heterocycles. The molecule has 3 aromatic carbocycles. The summed E-state index contributed by atoms with van der Waals surface area (Å²) < 4.78 is 21.9. The van der Waals surface area contributed by atoms with E-state index in [2.05, 4.69) is 15.5 Å². The molecule has 4 aromatic rings.